The van der Waals surface area contributed by atoms with E-state index in [0.29, 0.717) is 0 Å². The highest BCUT2D eigenvalue weighted by Gasteiger charge is 2.02. The molecule has 0 aromatic heterocycles. The quantitative estimate of drug-likeness (QED) is 0.786. The Bertz CT molecular complexity index is 256. The van der Waals surface area contributed by atoms with Gasteiger partial charge in [-0.15, -0.1) is 0 Å². The predicted octanol–water partition coefficient (Wildman–Crippen LogP) is 2.20. The number of benzene rings is 1. The first kappa shape index (κ1) is 11.5. The van der Waals surface area contributed by atoms with E-state index < -0.39 is 0 Å². The molecule has 2 N–H and O–H groups in total. The number of nitrogens with one attached hydrogen (secondary N) is 1. The summed E-state index contributed by atoms with van der Waals surface area (Å²) in [5.74, 6) is 0. The van der Waals surface area contributed by atoms with Crippen LogP contribution in [-0.4, -0.2) is 17.8 Å². The van der Waals surface area contributed by atoms with Crippen molar-refractivity contribution in [1.82, 2.24) is 5.32 Å². The van der Waals surface area contributed by atoms with Crippen molar-refractivity contribution in [3.63, 3.8) is 0 Å². The van der Waals surface area contributed by atoms with Crippen molar-refractivity contribution in [2.24, 2.45) is 0 Å². The van der Waals surface area contributed by atoms with Crippen LogP contribution in [0.1, 0.15) is 18.9 Å². The maximum atomic E-state index is 8.96. The molecule has 0 saturated carbocycles. The van der Waals surface area contributed by atoms with E-state index in [4.69, 9.17) is 16.7 Å². The van der Waals surface area contributed by atoms with Crippen LogP contribution in [0.4, 0.5) is 0 Å². The van der Waals surface area contributed by atoms with Crippen LogP contribution in [-0.2, 0) is 6.54 Å². The van der Waals surface area contributed by atoms with Crippen LogP contribution in [0.15, 0.2) is 24.3 Å². The van der Waals surface area contributed by atoms with Gasteiger partial charge in [-0.1, -0.05) is 30.7 Å². The molecule has 0 spiro atoms. The highest BCUT2D eigenvalue weighted by atomic mass is 35.5. The van der Waals surface area contributed by atoms with Crippen LogP contribution < -0.4 is 5.32 Å². The minimum Gasteiger partial charge on any atom is -0.395 e. The standard InChI is InChI=1S/C11H16ClNO/c1-2-11(8-14)13-7-9-3-5-10(12)6-4-9/h3-6,11,13-14H,2,7-8H2,1H3/t11-/m0/s1. The molecule has 2 nitrogen and oxygen atoms in total. The fourth-order valence-electron chi connectivity index (χ4n) is 1.20. The van der Waals surface area contributed by atoms with Gasteiger partial charge in [-0.2, -0.15) is 0 Å². The van der Waals surface area contributed by atoms with E-state index in [0.717, 1.165) is 18.0 Å². The summed E-state index contributed by atoms with van der Waals surface area (Å²) in [5.41, 5.74) is 1.18. The van der Waals surface area contributed by atoms with Gasteiger partial charge in [-0.3, -0.25) is 0 Å². The molecule has 14 heavy (non-hydrogen) atoms. The molecule has 0 fully saturated rings. The summed E-state index contributed by atoms with van der Waals surface area (Å²) in [4.78, 5) is 0. The van der Waals surface area contributed by atoms with E-state index in [2.05, 4.69) is 12.2 Å². The maximum Gasteiger partial charge on any atom is 0.0584 e. The lowest BCUT2D eigenvalue weighted by atomic mass is 10.2. The van der Waals surface area contributed by atoms with Gasteiger partial charge in [0.05, 0.1) is 6.61 Å². The molecule has 1 atom stereocenters. The van der Waals surface area contributed by atoms with Crippen molar-refractivity contribution in [3.8, 4) is 0 Å². The number of rotatable bonds is 5. The van der Waals surface area contributed by atoms with E-state index >= 15 is 0 Å². The van der Waals surface area contributed by atoms with Gasteiger partial charge in [-0.25, -0.2) is 0 Å². The van der Waals surface area contributed by atoms with Gasteiger partial charge in [0.2, 0.25) is 0 Å². The summed E-state index contributed by atoms with van der Waals surface area (Å²) in [6.45, 7) is 3.01. The summed E-state index contributed by atoms with van der Waals surface area (Å²) < 4.78 is 0. The van der Waals surface area contributed by atoms with Gasteiger partial charge in [0.25, 0.3) is 0 Å². The lowest BCUT2D eigenvalue weighted by Gasteiger charge is -2.13. The Kier molecular flexibility index (Phi) is 4.94. The van der Waals surface area contributed by atoms with E-state index in [9.17, 15) is 0 Å². The van der Waals surface area contributed by atoms with Crippen LogP contribution in [0, 0.1) is 0 Å². The van der Waals surface area contributed by atoms with Crippen molar-refractivity contribution in [2.75, 3.05) is 6.61 Å². The molecule has 0 heterocycles. The SMILES string of the molecule is CC[C@@H](CO)NCc1ccc(Cl)cc1. The molecule has 0 aliphatic heterocycles. The lowest BCUT2D eigenvalue weighted by molar-refractivity contribution is 0.238. The number of halogens is 1. The molecule has 0 radical (unpaired) electrons. The van der Waals surface area contributed by atoms with Crippen LogP contribution >= 0.6 is 11.6 Å². The zero-order chi connectivity index (χ0) is 10.4. The van der Waals surface area contributed by atoms with Crippen LogP contribution in [0.2, 0.25) is 5.02 Å². The summed E-state index contributed by atoms with van der Waals surface area (Å²) in [6.07, 6.45) is 0.935. The third-order valence-electron chi connectivity index (χ3n) is 2.22. The fraction of sp³-hybridized carbons (Fsp3) is 0.455. The zero-order valence-corrected chi connectivity index (χ0v) is 9.09. The Balaban J connectivity index is 2.41. The fourth-order valence-corrected chi connectivity index (χ4v) is 1.33. The average molecular weight is 214 g/mol. The second-order valence-corrected chi connectivity index (χ2v) is 3.73. The first-order valence-electron chi connectivity index (χ1n) is 4.85. The third-order valence-corrected chi connectivity index (χ3v) is 2.47. The minimum absolute atomic E-state index is 0.185. The minimum atomic E-state index is 0.185. The smallest absolute Gasteiger partial charge is 0.0584 e. The largest absolute Gasteiger partial charge is 0.395 e. The molecule has 0 aliphatic carbocycles. The molecule has 1 aromatic carbocycles. The monoisotopic (exact) mass is 213 g/mol. The second kappa shape index (κ2) is 6.02. The molecule has 1 rings (SSSR count). The van der Waals surface area contributed by atoms with Crippen molar-refractivity contribution < 1.29 is 5.11 Å². The first-order valence-corrected chi connectivity index (χ1v) is 5.22. The molecular formula is C11H16ClNO. The predicted molar refractivity (Wildman–Crippen MR) is 59.5 cm³/mol. The normalized spacial score (nSPS) is 12.8. The molecule has 0 unspecified atom stereocenters. The molecule has 0 amide bonds. The zero-order valence-electron chi connectivity index (χ0n) is 8.33. The molecule has 0 saturated heterocycles. The molecular weight excluding hydrogens is 198 g/mol. The Morgan fingerprint density at radius 2 is 2.00 bits per heavy atom. The van der Waals surface area contributed by atoms with Crippen molar-refractivity contribution in [3.05, 3.63) is 34.9 Å². The molecule has 0 aliphatic rings. The van der Waals surface area contributed by atoms with Gasteiger partial charge in [0.1, 0.15) is 0 Å². The van der Waals surface area contributed by atoms with E-state index in [1.165, 1.54) is 5.56 Å². The van der Waals surface area contributed by atoms with Crippen molar-refractivity contribution >= 4 is 11.6 Å². The molecule has 3 heteroatoms. The summed E-state index contributed by atoms with van der Waals surface area (Å²) >= 11 is 5.77. The molecule has 0 bridgehead atoms. The van der Waals surface area contributed by atoms with Crippen LogP contribution in [0.25, 0.3) is 0 Å². The summed E-state index contributed by atoms with van der Waals surface area (Å²) in [7, 11) is 0. The number of hydrogen-bond acceptors (Lipinski definition) is 2. The Labute approximate surface area is 89.9 Å². The van der Waals surface area contributed by atoms with E-state index in [1.54, 1.807) is 0 Å². The highest BCUT2D eigenvalue weighted by Crippen LogP contribution is 2.09. The van der Waals surface area contributed by atoms with Gasteiger partial charge >= 0.3 is 0 Å². The summed E-state index contributed by atoms with van der Waals surface area (Å²) in [6, 6.07) is 7.90. The number of aliphatic hydroxyl groups is 1. The molecule has 1 aromatic rings. The maximum absolute atomic E-state index is 8.96. The van der Waals surface area contributed by atoms with Gasteiger partial charge < -0.3 is 10.4 Å². The Hall–Kier alpha value is -0.570. The third kappa shape index (κ3) is 3.66. The highest BCUT2D eigenvalue weighted by molar-refractivity contribution is 6.30. The van der Waals surface area contributed by atoms with Gasteiger partial charge in [0.15, 0.2) is 0 Å². The second-order valence-electron chi connectivity index (χ2n) is 3.30. The summed E-state index contributed by atoms with van der Waals surface area (Å²) in [5, 5.41) is 13.0. The molecule has 78 valence electrons. The van der Waals surface area contributed by atoms with Crippen LogP contribution in [0.3, 0.4) is 0 Å². The van der Waals surface area contributed by atoms with Gasteiger partial charge in [-0.05, 0) is 24.1 Å². The Morgan fingerprint density at radius 1 is 1.36 bits per heavy atom. The van der Waals surface area contributed by atoms with E-state index in [1.807, 2.05) is 24.3 Å². The number of hydrogen-bond donors (Lipinski definition) is 2. The van der Waals surface area contributed by atoms with Crippen LogP contribution in [0.5, 0.6) is 0 Å². The average Bonchev–Trinajstić information content (AvgIpc) is 2.22. The van der Waals surface area contributed by atoms with Crippen molar-refractivity contribution in [2.45, 2.75) is 25.9 Å². The number of aliphatic hydroxyl groups excluding tert-OH is 1. The van der Waals surface area contributed by atoms with E-state index in [-0.39, 0.29) is 12.6 Å². The lowest BCUT2D eigenvalue weighted by Crippen LogP contribution is -2.31. The van der Waals surface area contributed by atoms with Gasteiger partial charge in [0, 0.05) is 17.6 Å². The Morgan fingerprint density at radius 3 is 2.50 bits per heavy atom. The topological polar surface area (TPSA) is 32.3 Å². The van der Waals surface area contributed by atoms with Crippen molar-refractivity contribution in [1.29, 1.82) is 0 Å². The first-order chi connectivity index (χ1) is 6.76.